The average molecular weight is 229 g/mol. The van der Waals surface area contributed by atoms with Crippen molar-refractivity contribution in [3.8, 4) is 11.8 Å². The standard InChI is InChI=1S/C16H23N/c1-5-7-8-16(17-6-2)15-11-9-14(10-12-15)13(3)4/h9-13,16-17H,6,8H2,1-4H3. The second kappa shape index (κ2) is 7.14. The van der Waals surface area contributed by atoms with Gasteiger partial charge in [0.05, 0.1) is 0 Å². The van der Waals surface area contributed by atoms with Gasteiger partial charge in [0.1, 0.15) is 0 Å². The van der Waals surface area contributed by atoms with Gasteiger partial charge in [-0.1, -0.05) is 45.0 Å². The van der Waals surface area contributed by atoms with Crippen LogP contribution in [0.15, 0.2) is 24.3 Å². The van der Waals surface area contributed by atoms with Crippen LogP contribution >= 0.6 is 0 Å². The highest BCUT2D eigenvalue weighted by molar-refractivity contribution is 5.27. The lowest BCUT2D eigenvalue weighted by molar-refractivity contribution is 0.565. The Morgan fingerprint density at radius 3 is 2.18 bits per heavy atom. The summed E-state index contributed by atoms with van der Waals surface area (Å²) in [5.74, 6) is 6.72. The van der Waals surface area contributed by atoms with Crippen LogP contribution in [0.25, 0.3) is 0 Å². The summed E-state index contributed by atoms with van der Waals surface area (Å²) in [6, 6.07) is 9.25. The average Bonchev–Trinajstić information content (AvgIpc) is 2.34. The van der Waals surface area contributed by atoms with Gasteiger partial charge in [0.25, 0.3) is 0 Å². The Morgan fingerprint density at radius 1 is 1.12 bits per heavy atom. The fourth-order valence-corrected chi connectivity index (χ4v) is 1.87. The molecule has 0 fully saturated rings. The first-order valence-corrected chi connectivity index (χ1v) is 6.41. The van der Waals surface area contributed by atoms with Gasteiger partial charge in [0.15, 0.2) is 0 Å². The highest BCUT2D eigenvalue weighted by Gasteiger charge is 2.08. The Balaban J connectivity index is 2.81. The minimum atomic E-state index is 0.355. The summed E-state index contributed by atoms with van der Waals surface area (Å²) >= 11 is 0. The van der Waals surface area contributed by atoms with Gasteiger partial charge in [-0.3, -0.25) is 0 Å². The molecule has 1 atom stereocenters. The van der Waals surface area contributed by atoms with Gasteiger partial charge >= 0.3 is 0 Å². The van der Waals surface area contributed by atoms with Crippen LogP contribution in [0.5, 0.6) is 0 Å². The highest BCUT2D eigenvalue weighted by atomic mass is 14.9. The van der Waals surface area contributed by atoms with E-state index in [1.807, 2.05) is 6.92 Å². The molecule has 0 saturated carbocycles. The molecule has 0 aliphatic rings. The molecule has 0 aliphatic carbocycles. The summed E-state index contributed by atoms with van der Waals surface area (Å²) in [5, 5.41) is 3.48. The lowest BCUT2D eigenvalue weighted by Crippen LogP contribution is -2.20. The van der Waals surface area contributed by atoms with Gasteiger partial charge in [-0.2, -0.15) is 0 Å². The normalized spacial score (nSPS) is 12.1. The molecule has 1 aromatic carbocycles. The van der Waals surface area contributed by atoms with Crippen molar-refractivity contribution in [2.75, 3.05) is 6.54 Å². The second-order valence-corrected chi connectivity index (χ2v) is 4.56. The van der Waals surface area contributed by atoms with Gasteiger partial charge in [0, 0.05) is 12.5 Å². The largest absolute Gasteiger partial charge is 0.309 e. The molecular weight excluding hydrogens is 206 g/mol. The Morgan fingerprint density at radius 2 is 1.71 bits per heavy atom. The number of hydrogen-bond donors (Lipinski definition) is 1. The van der Waals surface area contributed by atoms with Crippen molar-refractivity contribution in [2.24, 2.45) is 0 Å². The van der Waals surface area contributed by atoms with Crippen molar-refractivity contribution in [1.29, 1.82) is 0 Å². The zero-order valence-corrected chi connectivity index (χ0v) is 11.4. The second-order valence-electron chi connectivity index (χ2n) is 4.56. The summed E-state index contributed by atoms with van der Waals surface area (Å²) in [6.45, 7) is 9.44. The predicted octanol–water partition coefficient (Wildman–Crippen LogP) is 3.87. The van der Waals surface area contributed by atoms with Crippen LogP contribution in [0.3, 0.4) is 0 Å². The van der Waals surface area contributed by atoms with E-state index in [-0.39, 0.29) is 0 Å². The Labute approximate surface area is 106 Å². The van der Waals surface area contributed by atoms with E-state index in [1.165, 1.54) is 11.1 Å². The first kappa shape index (κ1) is 13.8. The molecule has 0 radical (unpaired) electrons. The first-order valence-electron chi connectivity index (χ1n) is 6.41. The summed E-state index contributed by atoms with van der Waals surface area (Å²) in [7, 11) is 0. The van der Waals surface area contributed by atoms with Crippen LogP contribution in [-0.4, -0.2) is 6.54 Å². The van der Waals surface area contributed by atoms with Crippen LogP contribution in [0, 0.1) is 11.8 Å². The zero-order chi connectivity index (χ0) is 12.7. The molecule has 0 amide bonds. The molecule has 17 heavy (non-hydrogen) atoms. The lowest BCUT2D eigenvalue weighted by Gasteiger charge is -2.16. The molecule has 92 valence electrons. The molecule has 1 nitrogen and oxygen atoms in total. The molecule has 0 bridgehead atoms. The van der Waals surface area contributed by atoms with Gasteiger partial charge in [-0.15, -0.1) is 11.8 Å². The molecule has 0 aromatic heterocycles. The van der Waals surface area contributed by atoms with Gasteiger partial charge in [-0.05, 0) is 30.5 Å². The monoisotopic (exact) mass is 229 g/mol. The number of benzene rings is 1. The van der Waals surface area contributed by atoms with E-state index in [0.717, 1.165) is 13.0 Å². The van der Waals surface area contributed by atoms with Gasteiger partial charge in [-0.25, -0.2) is 0 Å². The van der Waals surface area contributed by atoms with E-state index < -0.39 is 0 Å². The molecule has 1 N–H and O–H groups in total. The van der Waals surface area contributed by atoms with Crippen LogP contribution in [-0.2, 0) is 0 Å². The topological polar surface area (TPSA) is 12.0 Å². The van der Waals surface area contributed by atoms with Crippen molar-refractivity contribution in [1.82, 2.24) is 5.32 Å². The van der Waals surface area contributed by atoms with Crippen molar-refractivity contribution in [2.45, 2.75) is 46.1 Å². The molecule has 0 saturated heterocycles. The number of rotatable bonds is 5. The Bertz CT molecular complexity index is 378. The van der Waals surface area contributed by atoms with E-state index >= 15 is 0 Å². The van der Waals surface area contributed by atoms with E-state index in [4.69, 9.17) is 0 Å². The molecule has 0 aliphatic heterocycles. The minimum Gasteiger partial charge on any atom is -0.309 e. The molecule has 1 rings (SSSR count). The molecule has 0 heterocycles. The predicted molar refractivity (Wildman–Crippen MR) is 75.0 cm³/mol. The fourth-order valence-electron chi connectivity index (χ4n) is 1.87. The quantitative estimate of drug-likeness (QED) is 0.756. The van der Waals surface area contributed by atoms with Gasteiger partial charge in [0.2, 0.25) is 0 Å². The van der Waals surface area contributed by atoms with Crippen molar-refractivity contribution < 1.29 is 0 Å². The third-order valence-electron chi connectivity index (χ3n) is 2.94. The smallest absolute Gasteiger partial charge is 0.0430 e. The molecule has 1 unspecified atom stereocenters. The highest BCUT2D eigenvalue weighted by Crippen LogP contribution is 2.20. The molecule has 1 aromatic rings. The van der Waals surface area contributed by atoms with E-state index in [1.54, 1.807) is 0 Å². The zero-order valence-electron chi connectivity index (χ0n) is 11.4. The van der Waals surface area contributed by atoms with E-state index in [2.05, 4.69) is 62.2 Å². The number of nitrogens with one attached hydrogen (secondary N) is 1. The van der Waals surface area contributed by atoms with Crippen molar-refractivity contribution in [3.05, 3.63) is 35.4 Å². The van der Waals surface area contributed by atoms with E-state index in [9.17, 15) is 0 Å². The van der Waals surface area contributed by atoms with Crippen LogP contribution < -0.4 is 5.32 Å². The van der Waals surface area contributed by atoms with Crippen molar-refractivity contribution >= 4 is 0 Å². The Hall–Kier alpha value is -1.26. The minimum absolute atomic E-state index is 0.355. The lowest BCUT2D eigenvalue weighted by atomic mass is 9.98. The molecule has 0 spiro atoms. The molecule has 1 heteroatoms. The first-order chi connectivity index (χ1) is 8.19. The summed E-state index contributed by atoms with van der Waals surface area (Å²) in [5.41, 5.74) is 2.73. The maximum Gasteiger partial charge on any atom is 0.0430 e. The SMILES string of the molecule is CC#CCC(NCC)c1ccc(C(C)C)cc1. The van der Waals surface area contributed by atoms with Crippen LogP contribution in [0.1, 0.15) is 57.2 Å². The van der Waals surface area contributed by atoms with Gasteiger partial charge < -0.3 is 5.32 Å². The third kappa shape index (κ3) is 4.24. The maximum atomic E-state index is 3.48. The Kier molecular flexibility index (Phi) is 5.80. The van der Waals surface area contributed by atoms with Crippen molar-refractivity contribution in [3.63, 3.8) is 0 Å². The van der Waals surface area contributed by atoms with E-state index in [0.29, 0.717) is 12.0 Å². The van der Waals surface area contributed by atoms with Crippen LogP contribution in [0.2, 0.25) is 0 Å². The summed E-state index contributed by atoms with van der Waals surface area (Å²) < 4.78 is 0. The molecular formula is C16H23N. The maximum absolute atomic E-state index is 3.48. The number of hydrogen-bond acceptors (Lipinski definition) is 1. The third-order valence-corrected chi connectivity index (χ3v) is 2.94. The fraction of sp³-hybridized carbons (Fsp3) is 0.500. The van der Waals surface area contributed by atoms with Crippen LogP contribution in [0.4, 0.5) is 0 Å². The summed E-state index contributed by atoms with van der Waals surface area (Å²) in [6.07, 6.45) is 0.880. The summed E-state index contributed by atoms with van der Waals surface area (Å²) in [4.78, 5) is 0.